The maximum atomic E-state index is 12.0. The largest absolute Gasteiger partial charge is 0.344 e. The molecule has 7 nitrogen and oxygen atoms in total. The van der Waals surface area contributed by atoms with Crippen LogP contribution in [0.3, 0.4) is 0 Å². The standard InChI is InChI=1S/C9H13ClN4O3S/c10-8-5-11-14(6-8)9(15)13-3-1-12(2-4-13)7-18(16)17/h5-6,18H,1-4,7H2. The molecule has 1 aromatic rings. The molecule has 0 atom stereocenters. The van der Waals surface area contributed by atoms with Gasteiger partial charge in [-0.05, 0) is 0 Å². The molecule has 1 aliphatic rings. The molecule has 9 heteroatoms. The molecule has 0 spiro atoms. The molecule has 18 heavy (non-hydrogen) atoms. The summed E-state index contributed by atoms with van der Waals surface area (Å²) in [6, 6.07) is -0.243. The Morgan fingerprint density at radius 3 is 2.50 bits per heavy atom. The smallest absolute Gasteiger partial charge is 0.320 e. The number of carbonyl (C=O) groups excluding carboxylic acids is 1. The third kappa shape index (κ3) is 3.21. The fourth-order valence-electron chi connectivity index (χ4n) is 1.79. The number of rotatable bonds is 2. The minimum Gasteiger partial charge on any atom is -0.320 e. The summed E-state index contributed by atoms with van der Waals surface area (Å²) in [7, 11) is -2.41. The molecule has 0 aromatic carbocycles. The van der Waals surface area contributed by atoms with Gasteiger partial charge in [0.25, 0.3) is 0 Å². The quantitative estimate of drug-likeness (QED) is 0.757. The van der Waals surface area contributed by atoms with Crippen molar-refractivity contribution in [2.75, 3.05) is 32.1 Å². The van der Waals surface area contributed by atoms with Crippen LogP contribution in [-0.2, 0) is 10.7 Å². The van der Waals surface area contributed by atoms with Crippen molar-refractivity contribution in [2.24, 2.45) is 0 Å². The Kier molecular flexibility index (Phi) is 4.20. The zero-order valence-electron chi connectivity index (χ0n) is 9.53. The minimum atomic E-state index is -2.41. The summed E-state index contributed by atoms with van der Waals surface area (Å²) in [4.78, 5) is 15.4. The molecule has 2 heterocycles. The van der Waals surface area contributed by atoms with Gasteiger partial charge >= 0.3 is 6.03 Å². The maximum absolute atomic E-state index is 12.0. The highest BCUT2D eigenvalue weighted by Gasteiger charge is 2.22. The van der Waals surface area contributed by atoms with Gasteiger partial charge in [-0.25, -0.2) is 13.2 Å². The Balaban J connectivity index is 1.91. The highest BCUT2D eigenvalue weighted by molar-refractivity contribution is 7.72. The lowest BCUT2D eigenvalue weighted by Crippen LogP contribution is -2.50. The number of hydrogen-bond acceptors (Lipinski definition) is 5. The first kappa shape index (κ1) is 13.3. The highest BCUT2D eigenvalue weighted by Crippen LogP contribution is 2.08. The molecule has 0 saturated carbocycles. The van der Waals surface area contributed by atoms with Crippen molar-refractivity contribution in [3.63, 3.8) is 0 Å². The SMILES string of the molecule is O=C(N1CCN(C[SH](=O)=O)CC1)n1cc(Cl)cn1. The van der Waals surface area contributed by atoms with Crippen molar-refractivity contribution in [1.29, 1.82) is 0 Å². The number of amides is 1. The predicted molar refractivity (Wildman–Crippen MR) is 66.4 cm³/mol. The summed E-state index contributed by atoms with van der Waals surface area (Å²) < 4.78 is 22.4. The molecule has 0 N–H and O–H groups in total. The van der Waals surface area contributed by atoms with Crippen LogP contribution in [0, 0.1) is 0 Å². The van der Waals surface area contributed by atoms with Crippen molar-refractivity contribution in [2.45, 2.75) is 0 Å². The van der Waals surface area contributed by atoms with Crippen LogP contribution in [0.15, 0.2) is 12.4 Å². The maximum Gasteiger partial charge on any atom is 0.344 e. The van der Waals surface area contributed by atoms with E-state index < -0.39 is 10.7 Å². The second-order valence-electron chi connectivity index (χ2n) is 3.96. The van der Waals surface area contributed by atoms with E-state index in [2.05, 4.69) is 5.10 Å². The third-order valence-corrected chi connectivity index (χ3v) is 3.53. The van der Waals surface area contributed by atoms with Crippen molar-refractivity contribution in [3.05, 3.63) is 17.4 Å². The highest BCUT2D eigenvalue weighted by atomic mass is 35.5. The topological polar surface area (TPSA) is 75.5 Å². The zero-order valence-corrected chi connectivity index (χ0v) is 11.2. The van der Waals surface area contributed by atoms with Gasteiger partial charge in [-0.3, -0.25) is 4.90 Å². The normalized spacial score (nSPS) is 17.3. The van der Waals surface area contributed by atoms with Gasteiger partial charge in [0, 0.05) is 26.2 Å². The molecule has 1 saturated heterocycles. The second-order valence-corrected chi connectivity index (χ2v) is 5.35. The number of thiol groups is 1. The lowest BCUT2D eigenvalue weighted by Gasteiger charge is -2.33. The molecule has 2 rings (SSSR count). The van der Waals surface area contributed by atoms with E-state index in [0.29, 0.717) is 31.2 Å². The van der Waals surface area contributed by atoms with E-state index in [0.717, 1.165) is 0 Å². The molecule has 0 radical (unpaired) electrons. The number of nitrogens with zero attached hydrogens (tertiary/aromatic N) is 4. The van der Waals surface area contributed by atoms with Crippen molar-refractivity contribution >= 4 is 28.3 Å². The lowest BCUT2D eigenvalue weighted by molar-refractivity contribution is 0.149. The average Bonchev–Trinajstić information content (AvgIpc) is 2.75. The summed E-state index contributed by atoms with van der Waals surface area (Å²) in [5.74, 6) is 0.0466. The number of aromatic nitrogens is 2. The molecule has 0 aliphatic carbocycles. The van der Waals surface area contributed by atoms with Crippen molar-refractivity contribution in [1.82, 2.24) is 19.6 Å². The second kappa shape index (κ2) is 5.68. The molecular formula is C9H13ClN4O3S. The van der Waals surface area contributed by atoms with Gasteiger partial charge in [0.05, 0.1) is 23.3 Å². The molecule has 1 fully saturated rings. The fourth-order valence-corrected chi connectivity index (χ4v) is 2.54. The molecule has 0 bridgehead atoms. The zero-order chi connectivity index (χ0) is 13.1. The van der Waals surface area contributed by atoms with E-state index in [-0.39, 0.29) is 11.9 Å². The molecular weight excluding hydrogens is 280 g/mol. The Labute approximate surface area is 111 Å². The van der Waals surface area contributed by atoms with Crippen molar-refractivity contribution < 1.29 is 13.2 Å². The van der Waals surface area contributed by atoms with E-state index in [4.69, 9.17) is 11.6 Å². The average molecular weight is 293 g/mol. The van der Waals surface area contributed by atoms with E-state index in [1.165, 1.54) is 17.1 Å². The molecule has 100 valence electrons. The Bertz CT molecular complexity index is 500. The summed E-state index contributed by atoms with van der Waals surface area (Å²) in [6.45, 7) is 2.06. The van der Waals surface area contributed by atoms with Crippen molar-refractivity contribution in [3.8, 4) is 0 Å². The van der Waals surface area contributed by atoms with Gasteiger partial charge in [-0.2, -0.15) is 9.78 Å². The minimum absolute atomic E-state index is 0.0466. The third-order valence-electron chi connectivity index (χ3n) is 2.71. The van der Waals surface area contributed by atoms with E-state index >= 15 is 0 Å². The van der Waals surface area contributed by atoms with Gasteiger partial charge in [0.1, 0.15) is 0 Å². The van der Waals surface area contributed by atoms with Gasteiger partial charge in [-0.15, -0.1) is 0 Å². The van der Waals surface area contributed by atoms with E-state index in [1.807, 2.05) is 0 Å². The Morgan fingerprint density at radius 1 is 1.33 bits per heavy atom. The van der Waals surface area contributed by atoms with Crippen LogP contribution in [-0.4, -0.2) is 66.1 Å². The monoisotopic (exact) mass is 292 g/mol. The summed E-state index contributed by atoms with van der Waals surface area (Å²) in [5, 5.41) is 4.25. The molecule has 1 amide bonds. The Morgan fingerprint density at radius 2 is 2.00 bits per heavy atom. The van der Waals surface area contributed by atoms with Gasteiger partial charge < -0.3 is 4.90 Å². The van der Waals surface area contributed by atoms with Gasteiger partial charge in [0.2, 0.25) is 0 Å². The molecule has 1 aliphatic heterocycles. The van der Waals surface area contributed by atoms with Crippen LogP contribution in [0.25, 0.3) is 0 Å². The molecule has 1 aromatic heterocycles. The number of carbonyl (C=O) groups is 1. The molecule has 0 unspecified atom stereocenters. The first-order valence-corrected chi connectivity index (χ1v) is 7.14. The van der Waals surface area contributed by atoms with Crippen LogP contribution in [0.1, 0.15) is 0 Å². The van der Waals surface area contributed by atoms with Crippen LogP contribution in [0.2, 0.25) is 5.02 Å². The lowest BCUT2D eigenvalue weighted by atomic mass is 10.3. The Hall–Kier alpha value is -1.12. The van der Waals surface area contributed by atoms with Gasteiger partial charge in [-0.1, -0.05) is 11.6 Å². The van der Waals surface area contributed by atoms with Gasteiger partial charge in [0.15, 0.2) is 10.7 Å². The van der Waals surface area contributed by atoms with Crippen LogP contribution >= 0.6 is 11.6 Å². The first-order valence-electron chi connectivity index (χ1n) is 5.40. The van der Waals surface area contributed by atoms with Crippen LogP contribution < -0.4 is 0 Å². The summed E-state index contributed by atoms with van der Waals surface area (Å²) >= 11 is 5.69. The van der Waals surface area contributed by atoms with E-state index in [9.17, 15) is 13.2 Å². The first-order chi connectivity index (χ1) is 8.56. The number of piperazine rings is 1. The summed E-state index contributed by atoms with van der Waals surface area (Å²) in [5.41, 5.74) is 0. The van der Waals surface area contributed by atoms with Crippen LogP contribution in [0.5, 0.6) is 0 Å². The fraction of sp³-hybridized carbons (Fsp3) is 0.556. The number of halogens is 1. The number of hydrogen-bond donors (Lipinski definition) is 1. The predicted octanol–water partition coefficient (Wildman–Crippen LogP) is -0.309. The summed E-state index contributed by atoms with van der Waals surface area (Å²) in [6.07, 6.45) is 2.85. The van der Waals surface area contributed by atoms with E-state index in [1.54, 1.807) is 9.80 Å². The van der Waals surface area contributed by atoms with Crippen LogP contribution in [0.4, 0.5) is 4.79 Å².